The molecule has 0 aliphatic carbocycles. The molecule has 0 bridgehead atoms. The number of carbonyl (C=O) groups excluding carboxylic acids is 1. The quantitative estimate of drug-likeness (QED) is 0.894. The maximum Gasteiger partial charge on any atom is 0.251 e. The molecule has 2 fully saturated rings. The second-order valence-electron chi connectivity index (χ2n) is 5.55. The molecule has 0 radical (unpaired) electrons. The van der Waals surface area contributed by atoms with Crippen LogP contribution in [0, 0.1) is 0 Å². The minimum Gasteiger partial charge on any atom is -0.350 e. The molecule has 1 unspecified atom stereocenters. The van der Waals surface area contributed by atoms with E-state index in [9.17, 15) is 4.79 Å². The molecule has 1 atom stereocenters. The van der Waals surface area contributed by atoms with Crippen LogP contribution in [-0.2, 0) is 0 Å². The molecular weight excluding hydrogens is 300 g/mol. The Morgan fingerprint density at radius 3 is 2.62 bits per heavy atom. The molecule has 1 aromatic carbocycles. The fourth-order valence-electron chi connectivity index (χ4n) is 2.72. The Kier molecular flexibility index (Phi) is 5.49. The van der Waals surface area contributed by atoms with E-state index in [0.717, 1.165) is 25.1 Å². The summed E-state index contributed by atoms with van der Waals surface area (Å²) in [5.74, 6) is 2.53. The molecule has 0 saturated carbocycles. The third-order valence-electron chi connectivity index (χ3n) is 3.94. The molecule has 1 amide bonds. The van der Waals surface area contributed by atoms with Gasteiger partial charge >= 0.3 is 0 Å². The molecule has 2 saturated heterocycles. The molecule has 1 aromatic rings. The van der Waals surface area contributed by atoms with Crippen LogP contribution < -0.4 is 10.6 Å². The number of nitrogens with one attached hydrogen (secondary N) is 2. The van der Waals surface area contributed by atoms with Crippen molar-refractivity contribution >= 4 is 29.4 Å². The zero-order valence-electron chi connectivity index (χ0n) is 12.1. The van der Waals surface area contributed by atoms with E-state index in [1.54, 1.807) is 0 Å². The molecule has 2 aliphatic heterocycles. The van der Waals surface area contributed by atoms with Gasteiger partial charge in [0, 0.05) is 18.2 Å². The largest absolute Gasteiger partial charge is 0.350 e. The molecule has 0 spiro atoms. The smallest absolute Gasteiger partial charge is 0.251 e. The van der Waals surface area contributed by atoms with Gasteiger partial charge in [-0.05, 0) is 55.0 Å². The second kappa shape index (κ2) is 7.56. The summed E-state index contributed by atoms with van der Waals surface area (Å²) in [7, 11) is 0. The summed E-state index contributed by atoms with van der Waals surface area (Å²) < 4.78 is 0.540. The highest BCUT2D eigenvalue weighted by atomic mass is 32.2. The minimum atomic E-state index is 0.0409. The Morgan fingerprint density at radius 2 is 1.95 bits per heavy atom. The summed E-state index contributed by atoms with van der Waals surface area (Å²) in [4.78, 5) is 12.1. The molecule has 0 aromatic heterocycles. The fourth-order valence-corrected chi connectivity index (χ4v) is 5.62. The van der Waals surface area contributed by atoms with Crippen LogP contribution in [0.2, 0.25) is 0 Å². The Bertz CT molecular complexity index is 466. The number of thioether (sulfide) groups is 2. The Morgan fingerprint density at radius 1 is 1.19 bits per heavy atom. The van der Waals surface area contributed by atoms with Crippen molar-refractivity contribution in [3.05, 3.63) is 35.4 Å². The lowest BCUT2D eigenvalue weighted by Gasteiger charge is -2.21. The van der Waals surface area contributed by atoms with E-state index in [2.05, 4.69) is 22.8 Å². The lowest BCUT2D eigenvalue weighted by Crippen LogP contribution is -2.37. The van der Waals surface area contributed by atoms with E-state index >= 15 is 0 Å². The predicted octanol–water partition coefficient (Wildman–Crippen LogP) is 3.04. The molecule has 2 aliphatic rings. The third kappa shape index (κ3) is 4.18. The molecule has 21 heavy (non-hydrogen) atoms. The summed E-state index contributed by atoms with van der Waals surface area (Å²) in [6.07, 6.45) is 3.68. The van der Waals surface area contributed by atoms with Gasteiger partial charge in [0.05, 0.1) is 4.58 Å². The van der Waals surface area contributed by atoms with Gasteiger partial charge in [0.2, 0.25) is 0 Å². The maximum absolute atomic E-state index is 12.1. The Hall–Kier alpha value is -0.650. The van der Waals surface area contributed by atoms with Gasteiger partial charge in [-0.1, -0.05) is 12.1 Å². The zero-order chi connectivity index (χ0) is 14.5. The monoisotopic (exact) mass is 322 g/mol. The highest BCUT2D eigenvalue weighted by Crippen LogP contribution is 2.43. The second-order valence-corrected chi connectivity index (χ2v) is 8.28. The first kappa shape index (κ1) is 15.3. The van der Waals surface area contributed by atoms with Crippen LogP contribution in [0.15, 0.2) is 24.3 Å². The SMILES string of the molecule is O=C(NCC1CCCN1)c1ccc(C2SCCCS2)cc1. The molecule has 2 heterocycles. The summed E-state index contributed by atoms with van der Waals surface area (Å²) in [5.41, 5.74) is 2.10. The number of hydrogen-bond acceptors (Lipinski definition) is 4. The van der Waals surface area contributed by atoms with Crippen molar-refractivity contribution in [1.29, 1.82) is 0 Å². The minimum absolute atomic E-state index is 0.0409. The van der Waals surface area contributed by atoms with E-state index in [1.807, 2.05) is 35.7 Å². The molecule has 3 rings (SSSR count). The fraction of sp³-hybridized carbons (Fsp3) is 0.562. The van der Waals surface area contributed by atoms with Crippen molar-refractivity contribution in [3.63, 3.8) is 0 Å². The predicted molar refractivity (Wildman–Crippen MR) is 92.1 cm³/mol. The molecule has 114 valence electrons. The number of benzene rings is 1. The number of rotatable bonds is 4. The van der Waals surface area contributed by atoms with Gasteiger partial charge in [0.15, 0.2) is 0 Å². The third-order valence-corrected chi connectivity index (χ3v) is 6.96. The molecule has 3 nitrogen and oxygen atoms in total. The van der Waals surface area contributed by atoms with Gasteiger partial charge in [-0.3, -0.25) is 4.79 Å². The average molecular weight is 322 g/mol. The van der Waals surface area contributed by atoms with Gasteiger partial charge in [0.25, 0.3) is 5.91 Å². The number of carbonyl (C=O) groups is 1. The van der Waals surface area contributed by atoms with E-state index in [-0.39, 0.29) is 5.91 Å². The average Bonchev–Trinajstić information content (AvgIpc) is 3.07. The van der Waals surface area contributed by atoms with Gasteiger partial charge in [-0.15, -0.1) is 23.5 Å². The Labute approximate surface area is 135 Å². The van der Waals surface area contributed by atoms with Crippen LogP contribution in [0.3, 0.4) is 0 Å². The summed E-state index contributed by atoms with van der Waals surface area (Å²) >= 11 is 4.02. The van der Waals surface area contributed by atoms with Crippen molar-refractivity contribution < 1.29 is 4.79 Å². The van der Waals surface area contributed by atoms with Gasteiger partial charge in [-0.2, -0.15) is 0 Å². The van der Waals surface area contributed by atoms with Crippen molar-refractivity contribution in [2.75, 3.05) is 24.6 Å². The Balaban J connectivity index is 1.54. The van der Waals surface area contributed by atoms with Crippen LogP contribution in [0.5, 0.6) is 0 Å². The van der Waals surface area contributed by atoms with E-state index in [1.165, 1.54) is 29.9 Å². The number of hydrogen-bond donors (Lipinski definition) is 2. The lowest BCUT2D eigenvalue weighted by molar-refractivity contribution is 0.0950. The van der Waals surface area contributed by atoms with Crippen molar-refractivity contribution in [1.82, 2.24) is 10.6 Å². The first-order valence-corrected chi connectivity index (χ1v) is 9.77. The molecular formula is C16H22N2OS2. The van der Waals surface area contributed by atoms with E-state index in [0.29, 0.717) is 10.6 Å². The van der Waals surface area contributed by atoms with Crippen LogP contribution in [0.1, 0.15) is 39.8 Å². The number of amides is 1. The summed E-state index contributed by atoms with van der Waals surface area (Å²) in [6.45, 7) is 1.81. The lowest BCUT2D eigenvalue weighted by atomic mass is 10.1. The van der Waals surface area contributed by atoms with Crippen molar-refractivity contribution in [2.24, 2.45) is 0 Å². The summed E-state index contributed by atoms with van der Waals surface area (Å²) in [5, 5.41) is 6.42. The van der Waals surface area contributed by atoms with Gasteiger partial charge in [0.1, 0.15) is 0 Å². The maximum atomic E-state index is 12.1. The van der Waals surface area contributed by atoms with Crippen LogP contribution in [0.25, 0.3) is 0 Å². The van der Waals surface area contributed by atoms with Crippen molar-refractivity contribution in [3.8, 4) is 0 Å². The van der Waals surface area contributed by atoms with Crippen LogP contribution in [0.4, 0.5) is 0 Å². The normalized spacial score (nSPS) is 23.1. The first-order chi connectivity index (χ1) is 10.3. The van der Waals surface area contributed by atoms with Crippen LogP contribution in [-0.4, -0.2) is 36.5 Å². The van der Waals surface area contributed by atoms with Gasteiger partial charge in [-0.25, -0.2) is 0 Å². The van der Waals surface area contributed by atoms with Crippen molar-refractivity contribution in [2.45, 2.75) is 29.9 Å². The zero-order valence-corrected chi connectivity index (χ0v) is 13.8. The summed E-state index contributed by atoms with van der Waals surface area (Å²) in [6, 6.07) is 8.59. The van der Waals surface area contributed by atoms with E-state index in [4.69, 9.17) is 0 Å². The highest BCUT2D eigenvalue weighted by molar-refractivity contribution is 8.16. The topological polar surface area (TPSA) is 41.1 Å². The van der Waals surface area contributed by atoms with Crippen LogP contribution >= 0.6 is 23.5 Å². The molecule has 2 N–H and O–H groups in total. The molecule has 5 heteroatoms. The van der Waals surface area contributed by atoms with Gasteiger partial charge < -0.3 is 10.6 Å². The highest BCUT2D eigenvalue weighted by Gasteiger charge is 2.18. The first-order valence-electron chi connectivity index (χ1n) is 7.68. The van der Waals surface area contributed by atoms with E-state index < -0.39 is 0 Å². The standard InChI is InChI=1S/C16H22N2OS2/c19-15(18-11-14-3-1-8-17-14)12-4-6-13(7-5-12)16-20-9-2-10-21-16/h4-7,14,16-17H,1-3,8-11H2,(H,18,19).